The van der Waals surface area contributed by atoms with Crippen LogP contribution in [0.15, 0.2) is 0 Å². The van der Waals surface area contributed by atoms with Crippen LogP contribution in [0.1, 0.15) is 364 Å². The van der Waals surface area contributed by atoms with Crippen molar-refractivity contribution in [3.05, 3.63) is 0 Å². The smallest absolute Gasteiger partial charge is 0.756 e. The number of phosphoric acid groups is 2. The number of carbonyl (C=O) groups excluding carboxylic acids is 8. The van der Waals surface area contributed by atoms with Crippen LogP contribution in [-0.2, 0) is 103 Å². The Morgan fingerprint density at radius 1 is 0.225 bits per heavy atom. The Kier molecular flexibility index (Phi) is 82.0. The fourth-order valence-corrected chi connectivity index (χ4v) is 12.7. The molecule has 0 aromatic heterocycles. The summed E-state index contributed by atoms with van der Waals surface area (Å²) in [6.07, 6.45) is 40.8. The third-order valence-corrected chi connectivity index (χ3v) is 19.3. The minimum absolute atomic E-state index is 0. The van der Waals surface area contributed by atoms with Crippen LogP contribution < -0.4 is 9.79 Å². The van der Waals surface area contributed by atoms with E-state index >= 15 is 0 Å². The molecule has 648 valence electrons. The van der Waals surface area contributed by atoms with Gasteiger partial charge < -0.3 is 84.7 Å². The second kappa shape index (κ2) is 81.6. The van der Waals surface area contributed by atoms with Gasteiger partial charge in [-0.1, -0.05) is 285 Å². The monoisotopic (exact) mass is 1660 g/mol. The van der Waals surface area contributed by atoms with Gasteiger partial charge in [0.25, 0.3) is 15.6 Å². The zero-order valence-corrected chi connectivity index (χ0v) is 73.8. The molecule has 0 radical (unpaired) electrons. The predicted octanol–water partition coefficient (Wildman–Crippen LogP) is 19.7. The Morgan fingerprint density at radius 2 is 0.405 bits per heavy atom. The van der Waals surface area contributed by atoms with Crippen LogP contribution in [0, 0.1) is 0 Å². The van der Waals surface area contributed by atoms with Gasteiger partial charge in [0.05, 0.1) is 52.9 Å². The van der Waals surface area contributed by atoms with E-state index in [1.165, 1.54) is 180 Å². The Morgan fingerprint density at radius 3 is 0.622 bits per heavy atom. The van der Waals surface area contributed by atoms with Gasteiger partial charge in [0.1, 0.15) is 26.4 Å². The second-order valence-corrected chi connectivity index (χ2v) is 30.5. The SMILES string of the molecule is CCCCCCCCCCCCCC(=O)OC[C@H](COP(=O)([O-])OCC(COC(=O)OCC)OC(=O)OCC)OC(=O)CCCCCCCCCCCCC.CCCCCCCCCCCCCC(=O)OC[C@H](COP(=O)([O-])OCC(COC(=O)OCC)OC(=O)OCC)OC(=O)CCCCCCCCCCCCC.[Ca+2]. The molecule has 0 aliphatic carbocycles. The molecule has 0 aromatic carbocycles. The molecule has 28 nitrogen and oxygen atoms in total. The Labute approximate surface area is 696 Å². The molecule has 0 heterocycles. The molecular weight excluding hydrogens is 1510 g/mol. The largest absolute Gasteiger partial charge is 2.00 e. The quantitative estimate of drug-likeness (QED) is 0.0179. The fourth-order valence-electron chi connectivity index (χ4n) is 11.2. The van der Waals surface area contributed by atoms with Crippen LogP contribution in [0.4, 0.5) is 19.2 Å². The minimum atomic E-state index is -5.08. The maximum atomic E-state index is 12.7. The number of esters is 4. The molecule has 6 atom stereocenters. The van der Waals surface area contributed by atoms with Crippen molar-refractivity contribution in [1.82, 2.24) is 0 Å². The van der Waals surface area contributed by atoms with E-state index < -0.39 is 141 Å². The van der Waals surface area contributed by atoms with Crippen LogP contribution >= 0.6 is 15.6 Å². The van der Waals surface area contributed by atoms with Gasteiger partial charge in [0, 0.05) is 25.7 Å². The molecule has 0 fully saturated rings. The topological polar surface area (TPSA) is 364 Å². The first-order valence-corrected chi connectivity index (χ1v) is 45.2. The molecule has 0 saturated carbocycles. The zero-order chi connectivity index (χ0) is 81.7. The van der Waals surface area contributed by atoms with Crippen molar-refractivity contribution in [3.8, 4) is 0 Å². The van der Waals surface area contributed by atoms with Crippen molar-refractivity contribution in [1.29, 1.82) is 0 Å². The number of ether oxygens (including phenoxy) is 12. The van der Waals surface area contributed by atoms with Gasteiger partial charge in [0.2, 0.25) is 0 Å². The number of hydrogen-bond donors (Lipinski definition) is 0. The van der Waals surface area contributed by atoms with Gasteiger partial charge in [0.15, 0.2) is 24.4 Å². The number of phosphoric ester groups is 2. The molecule has 0 amide bonds. The molecule has 0 N–H and O–H groups in total. The predicted molar refractivity (Wildman–Crippen MR) is 421 cm³/mol. The van der Waals surface area contributed by atoms with Gasteiger partial charge in [-0.3, -0.25) is 28.3 Å². The van der Waals surface area contributed by atoms with E-state index in [1.807, 2.05) is 0 Å². The first kappa shape index (κ1) is 112. The summed E-state index contributed by atoms with van der Waals surface area (Å²) in [7, 11) is -10.2. The van der Waals surface area contributed by atoms with E-state index in [1.54, 1.807) is 27.7 Å². The van der Waals surface area contributed by atoms with Crippen molar-refractivity contribution >= 4 is 102 Å². The molecule has 0 bridgehead atoms. The van der Waals surface area contributed by atoms with Gasteiger partial charge in [-0.15, -0.1) is 0 Å². The maximum Gasteiger partial charge on any atom is 2.00 e. The third-order valence-electron chi connectivity index (χ3n) is 17.4. The molecule has 0 rings (SSSR count). The van der Waals surface area contributed by atoms with Crippen molar-refractivity contribution in [3.63, 3.8) is 0 Å². The zero-order valence-electron chi connectivity index (χ0n) is 69.8. The molecule has 111 heavy (non-hydrogen) atoms. The number of unbranched alkanes of at least 4 members (excludes halogenated alkanes) is 40. The summed E-state index contributed by atoms with van der Waals surface area (Å²) >= 11 is 0. The van der Waals surface area contributed by atoms with Gasteiger partial charge in [-0.2, -0.15) is 0 Å². The summed E-state index contributed by atoms with van der Waals surface area (Å²) in [5.74, 6) is -2.09. The molecule has 0 spiro atoms. The van der Waals surface area contributed by atoms with Crippen LogP contribution in [0.2, 0.25) is 0 Å². The minimum Gasteiger partial charge on any atom is -0.756 e. The summed E-state index contributed by atoms with van der Waals surface area (Å²) in [5, 5.41) is 0. The number of rotatable bonds is 76. The summed E-state index contributed by atoms with van der Waals surface area (Å²) in [6.45, 7) is 10.2. The van der Waals surface area contributed by atoms with Crippen LogP contribution in [-0.4, -0.2) is 190 Å². The van der Waals surface area contributed by atoms with E-state index in [0.29, 0.717) is 25.7 Å². The summed E-state index contributed by atoms with van der Waals surface area (Å²) in [4.78, 5) is 123. The normalized spacial score (nSPS) is 13.2. The average Bonchev–Trinajstić information content (AvgIpc) is 0.900. The summed E-state index contributed by atoms with van der Waals surface area (Å²) in [6, 6.07) is 0. The van der Waals surface area contributed by atoms with Crippen molar-refractivity contribution in [2.24, 2.45) is 0 Å². The van der Waals surface area contributed by atoms with Crippen molar-refractivity contribution in [2.45, 2.75) is 388 Å². The van der Waals surface area contributed by atoms with Gasteiger partial charge in [-0.25, -0.2) is 19.2 Å². The third kappa shape index (κ3) is 80.0. The van der Waals surface area contributed by atoms with Gasteiger partial charge >= 0.3 is 86.2 Å². The number of carbonyl (C=O) groups is 8. The molecule has 0 saturated heterocycles. The van der Waals surface area contributed by atoms with E-state index in [-0.39, 0.29) is 89.8 Å². The van der Waals surface area contributed by atoms with E-state index in [4.69, 9.17) is 65.5 Å². The van der Waals surface area contributed by atoms with Crippen molar-refractivity contribution in [2.75, 3.05) is 79.3 Å². The van der Waals surface area contributed by atoms with Crippen molar-refractivity contribution < 1.29 is 132 Å². The Balaban J connectivity index is -0.00000208. The Bertz CT molecular complexity index is 2180. The van der Waals surface area contributed by atoms with Crippen LogP contribution in [0.25, 0.3) is 0 Å². The van der Waals surface area contributed by atoms with Gasteiger partial charge in [-0.05, 0) is 53.4 Å². The first-order valence-electron chi connectivity index (χ1n) is 42.3. The van der Waals surface area contributed by atoms with Crippen LogP contribution in [0.5, 0.6) is 0 Å². The standard InChI is InChI=1S/2C40H75O14P.Ca/c2*1-5-9-11-13-15-17-19-21-23-25-27-29-37(41)49-31-35(53-38(42)30-28-26-24-22-20-18-16-14-12-10-6-2)33-51-55(45,46)52-34-36(54-40(44)48-8-4)32-50-39(43)47-7-3;/h2*35-36H,5-34H2,1-4H3,(H,45,46);/q;;+2/p-2/t2*35-,36?;/m11./s1. The maximum absolute atomic E-state index is 12.7. The summed E-state index contributed by atoms with van der Waals surface area (Å²) < 4.78 is 105. The number of hydrogen-bond acceptors (Lipinski definition) is 28. The van der Waals surface area contributed by atoms with E-state index in [9.17, 15) is 57.3 Å². The van der Waals surface area contributed by atoms with E-state index in [2.05, 4.69) is 37.2 Å². The molecule has 31 heteroatoms. The molecule has 4 unspecified atom stereocenters. The fraction of sp³-hybridized carbons (Fsp3) is 0.900. The molecule has 0 aliphatic heterocycles. The second-order valence-electron chi connectivity index (χ2n) is 27.6. The molecule has 0 aromatic rings. The average molecular weight is 1660 g/mol. The first-order chi connectivity index (χ1) is 53.1. The molecule has 0 aliphatic rings. The van der Waals surface area contributed by atoms with Crippen LogP contribution in [0.3, 0.4) is 0 Å². The molecular formula is C80H148CaO28P2. The van der Waals surface area contributed by atoms with E-state index in [0.717, 1.165) is 77.0 Å². The summed E-state index contributed by atoms with van der Waals surface area (Å²) in [5.41, 5.74) is 0. The Hall–Kier alpha value is -3.56.